The molecule has 0 radical (unpaired) electrons. The Morgan fingerprint density at radius 1 is 1.04 bits per heavy atom. The van der Waals surface area contributed by atoms with Crippen LogP contribution in [-0.2, 0) is 9.53 Å². The summed E-state index contributed by atoms with van der Waals surface area (Å²) in [4.78, 5) is 35.9. The summed E-state index contributed by atoms with van der Waals surface area (Å²) < 4.78 is 4.65. The predicted octanol–water partition coefficient (Wildman–Crippen LogP) is 3.02. The quantitative estimate of drug-likeness (QED) is 0.610. The van der Waals surface area contributed by atoms with E-state index >= 15 is 0 Å². The molecule has 0 bridgehead atoms. The van der Waals surface area contributed by atoms with Crippen LogP contribution in [0.5, 0.6) is 0 Å². The van der Waals surface area contributed by atoms with Crippen molar-refractivity contribution >= 4 is 29.5 Å². The molecule has 1 fully saturated rings. The molecule has 0 unspecified atom stereocenters. The Balaban J connectivity index is 1.64. The van der Waals surface area contributed by atoms with Gasteiger partial charge in [0.05, 0.1) is 23.9 Å². The van der Waals surface area contributed by atoms with Gasteiger partial charge in [-0.05, 0) is 48.7 Å². The van der Waals surface area contributed by atoms with Gasteiger partial charge in [-0.1, -0.05) is 24.3 Å². The molecule has 138 valence electrons. The Kier molecular flexibility index (Phi) is 5.66. The third kappa shape index (κ3) is 5.04. The van der Waals surface area contributed by atoms with Crippen LogP contribution in [0.4, 0.5) is 5.69 Å². The number of benzene rings is 2. The maximum atomic E-state index is 12.3. The first-order valence-electron chi connectivity index (χ1n) is 8.64. The molecule has 1 aliphatic rings. The van der Waals surface area contributed by atoms with Crippen LogP contribution in [0, 0.1) is 0 Å². The number of esters is 1. The Labute approximate surface area is 157 Å². The maximum Gasteiger partial charge on any atom is 0.337 e. The summed E-state index contributed by atoms with van der Waals surface area (Å²) >= 11 is 0. The van der Waals surface area contributed by atoms with Crippen molar-refractivity contribution in [3.63, 3.8) is 0 Å². The van der Waals surface area contributed by atoms with E-state index in [9.17, 15) is 14.4 Å². The van der Waals surface area contributed by atoms with Gasteiger partial charge in [0.1, 0.15) is 0 Å². The van der Waals surface area contributed by atoms with Gasteiger partial charge in [0.25, 0.3) is 5.91 Å². The van der Waals surface area contributed by atoms with Crippen molar-refractivity contribution in [1.82, 2.24) is 5.32 Å². The van der Waals surface area contributed by atoms with Gasteiger partial charge < -0.3 is 15.4 Å². The molecule has 3 rings (SSSR count). The van der Waals surface area contributed by atoms with Crippen molar-refractivity contribution in [3.05, 3.63) is 71.3 Å². The second kappa shape index (κ2) is 8.31. The van der Waals surface area contributed by atoms with Crippen LogP contribution in [0.3, 0.4) is 0 Å². The zero-order valence-electron chi connectivity index (χ0n) is 14.9. The second-order valence-corrected chi connectivity index (χ2v) is 6.23. The molecule has 1 aliphatic carbocycles. The molecule has 0 aliphatic heterocycles. The fraction of sp³-hybridized carbons (Fsp3) is 0.190. The molecule has 2 aromatic rings. The molecular weight excluding hydrogens is 344 g/mol. The highest BCUT2D eigenvalue weighted by molar-refractivity contribution is 6.07. The van der Waals surface area contributed by atoms with Crippen LogP contribution in [0.15, 0.2) is 54.6 Å². The molecule has 0 saturated heterocycles. The zero-order valence-corrected chi connectivity index (χ0v) is 14.9. The van der Waals surface area contributed by atoms with E-state index in [4.69, 9.17) is 0 Å². The summed E-state index contributed by atoms with van der Waals surface area (Å²) in [6.45, 7) is 0. The van der Waals surface area contributed by atoms with E-state index < -0.39 is 5.97 Å². The molecule has 6 heteroatoms. The van der Waals surface area contributed by atoms with Crippen molar-refractivity contribution in [2.24, 2.45) is 0 Å². The fourth-order valence-electron chi connectivity index (χ4n) is 2.48. The first-order valence-corrected chi connectivity index (χ1v) is 8.64. The Hall–Kier alpha value is -3.41. The molecule has 2 aromatic carbocycles. The average Bonchev–Trinajstić information content (AvgIpc) is 3.50. The molecule has 0 heterocycles. The Morgan fingerprint density at radius 2 is 1.74 bits per heavy atom. The molecule has 1 saturated carbocycles. The monoisotopic (exact) mass is 364 g/mol. The van der Waals surface area contributed by atoms with Crippen LogP contribution in [0.1, 0.15) is 39.1 Å². The average molecular weight is 364 g/mol. The number of methoxy groups -OCH3 is 1. The minimum absolute atomic E-state index is 0.184. The lowest BCUT2D eigenvalue weighted by atomic mass is 10.1. The number of anilines is 1. The Bertz CT molecular complexity index is 883. The van der Waals surface area contributed by atoms with Gasteiger partial charge in [-0.25, -0.2) is 4.79 Å². The summed E-state index contributed by atoms with van der Waals surface area (Å²) in [5.74, 6) is -0.946. The van der Waals surface area contributed by atoms with Crippen molar-refractivity contribution in [3.8, 4) is 0 Å². The number of hydrogen-bond acceptors (Lipinski definition) is 4. The highest BCUT2D eigenvalue weighted by Crippen LogP contribution is 2.21. The maximum absolute atomic E-state index is 12.3. The number of carbonyl (C=O) groups excluding carboxylic acids is 3. The highest BCUT2D eigenvalue weighted by atomic mass is 16.5. The Morgan fingerprint density at radius 3 is 2.41 bits per heavy atom. The second-order valence-electron chi connectivity index (χ2n) is 6.23. The van der Waals surface area contributed by atoms with E-state index in [1.807, 2.05) is 0 Å². The van der Waals surface area contributed by atoms with Crippen molar-refractivity contribution in [2.75, 3.05) is 12.4 Å². The van der Waals surface area contributed by atoms with Crippen molar-refractivity contribution in [1.29, 1.82) is 0 Å². The summed E-state index contributed by atoms with van der Waals surface area (Å²) in [7, 11) is 1.32. The fourth-order valence-corrected chi connectivity index (χ4v) is 2.48. The topological polar surface area (TPSA) is 84.5 Å². The van der Waals surface area contributed by atoms with E-state index in [1.165, 1.54) is 13.2 Å². The largest absolute Gasteiger partial charge is 0.465 e. The van der Waals surface area contributed by atoms with Gasteiger partial charge >= 0.3 is 5.97 Å². The molecule has 27 heavy (non-hydrogen) atoms. The van der Waals surface area contributed by atoms with Gasteiger partial charge in [-0.3, -0.25) is 9.59 Å². The summed E-state index contributed by atoms with van der Waals surface area (Å²) in [5.41, 5.74) is 2.10. The summed E-state index contributed by atoms with van der Waals surface area (Å²) in [6, 6.07) is 13.8. The van der Waals surface area contributed by atoms with Crippen LogP contribution >= 0.6 is 0 Å². The van der Waals surface area contributed by atoms with Crippen LogP contribution in [-0.4, -0.2) is 30.9 Å². The smallest absolute Gasteiger partial charge is 0.337 e. The van der Waals surface area contributed by atoms with Crippen LogP contribution < -0.4 is 10.6 Å². The normalized spacial score (nSPS) is 13.2. The lowest BCUT2D eigenvalue weighted by Crippen LogP contribution is -2.26. The van der Waals surface area contributed by atoms with Crippen LogP contribution in [0.25, 0.3) is 6.08 Å². The molecule has 2 amide bonds. The van der Waals surface area contributed by atoms with Gasteiger partial charge in [-0.2, -0.15) is 0 Å². The zero-order chi connectivity index (χ0) is 19.2. The number of para-hydroxylation sites is 1. The lowest BCUT2D eigenvalue weighted by Gasteiger charge is -2.09. The first-order chi connectivity index (χ1) is 13.1. The minimum atomic E-state index is -0.413. The van der Waals surface area contributed by atoms with Gasteiger partial charge in [0.15, 0.2) is 0 Å². The van der Waals surface area contributed by atoms with E-state index in [-0.39, 0.29) is 17.9 Å². The SMILES string of the molecule is COC(=O)c1ccc(/C=C/C(=O)Nc2ccccc2C(=O)NC2CC2)cc1. The van der Waals surface area contributed by atoms with E-state index in [0.29, 0.717) is 16.8 Å². The molecule has 2 N–H and O–H groups in total. The van der Waals surface area contributed by atoms with Crippen LogP contribution in [0.2, 0.25) is 0 Å². The van der Waals surface area contributed by atoms with Gasteiger partial charge in [-0.15, -0.1) is 0 Å². The molecule has 0 atom stereocenters. The van der Waals surface area contributed by atoms with Crippen molar-refractivity contribution in [2.45, 2.75) is 18.9 Å². The molecular formula is C21H20N2O4. The van der Waals surface area contributed by atoms with E-state index in [1.54, 1.807) is 54.6 Å². The lowest BCUT2D eigenvalue weighted by molar-refractivity contribution is -0.111. The number of ether oxygens (including phenoxy) is 1. The minimum Gasteiger partial charge on any atom is -0.465 e. The molecule has 0 spiro atoms. The highest BCUT2D eigenvalue weighted by Gasteiger charge is 2.24. The van der Waals surface area contributed by atoms with Crippen molar-refractivity contribution < 1.29 is 19.1 Å². The standard InChI is InChI=1S/C21H20N2O4/c1-27-21(26)15-9-6-14(7-10-15)8-13-19(24)23-18-5-3-2-4-17(18)20(25)22-16-11-12-16/h2-10,13,16H,11-12H2,1H3,(H,22,25)(H,23,24)/b13-8+. The number of rotatable bonds is 6. The van der Waals surface area contributed by atoms with Gasteiger partial charge in [0, 0.05) is 12.1 Å². The summed E-state index contributed by atoms with van der Waals surface area (Å²) in [6.07, 6.45) is 5.00. The summed E-state index contributed by atoms with van der Waals surface area (Å²) in [5, 5.41) is 5.65. The number of nitrogens with one attached hydrogen (secondary N) is 2. The predicted molar refractivity (Wildman–Crippen MR) is 102 cm³/mol. The third-order valence-corrected chi connectivity index (χ3v) is 4.10. The number of hydrogen-bond donors (Lipinski definition) is 2. The van der Waals surface area contributed by atoms with E-state index in [0.717, 1.165) is 18.4 Å². The molecule has 6 nitrogen and oxygen atoms in total. The van der Waals surface area contributed by atoms with Gasteiger partial charge in [0.2, 0.25) is 5.91 Å². The number of amides is 2. The number of carbonyl (C=O) groups is 3. The first kappa shape index (κ1) is 18.4. The van der Waals surface area contributed by atoms with E-state index in [2.05, 4.69) is 15.4 Å². The molecule has 0 aromatic heterocycles. The third-order valence-electron chi connectivity index (χ3n) is 4.10.